The molecule has 0 atom stereocenters. The lowest BCUT2D eigenvalue weighted by Gasteiger charge is -1.97. The van der Waals surface area contributed by atoms with Gasteiger partial charge < -0.3 is 4.98 Å². The lowest BCUT2D eigenvalue weighted by molar-refractivity contribution is 1.38. The van der Waals surface area contributed by atoms with Gasteiger partial charge in [-0.25, -0.2) is 0 Å². The van der Waals surface area contributed by atoms with Crippen molar-refractivity contribution in [2.45, 2.75) is 6.92 Å². The van der Waals surface area contributed by atoms with E-state index in [1.54, 1.807) is 0 Å². The van der Waals surface area contributed by atoms with Gasteiger partial charge in [0.1, 0.15) is 0 Å². The second-order valence-corrected chi connectivity index (χ2v) is 4.02. The predicted molar refractivity (Wildman–Crippen MR) is 58.7 cm³/mol. The van der Waals surface area contributed by atoms with Crippen LogP contribution in [0.3, 0.4) is 0 Å². The summed E-state index contributed by atoms with van der Waals surface area (Å²) in [5, 5.41) is 0. The number of rotatable bonds is 1. The molecular formula is C11H10BrN. The lowest BCUT2D eigenvalue weighted by atomic mass is 10.1. The Morgan fingerprint density at radius 3 is 2.69 bits per heavy atom. The summed E-state index contributed by atoms with van der Waals surface area (Å²) in [6.07, 6.45) is 2.01. The topological polar surface area (TPSA) is 15.8 Å². The molecule has 0 saturated carbocycles. The van der Waals surface area contributed by atoms with Gasteiger partial charge in [-0.3, -0.25) is 0 Å². The van der Waals surface area contributed by atoms with Gasteiger partial charge in [0.25, 0.3) is 0 Å². The number of H-pyrrole nitrogens is 1. The standard InChI is InChI=1S/C11H10BrN/c1-8-5-11(13-7-8)9-3-2-4-10(12)6-9/h2-7,13H,1H3. The molecule has 0 aliphatic heterocycles. The highest BCUT2D eigenvalue weighted by molar-refractivity contribution is 9.10. The first-order chi connectivity index (χ1) is 6.25. The maximum atomic E-state index is 3.45. The first kappa shape index (κ1) is 8.57. The average Bonchev–Trinajstić information content (AvgIpc) is 2.52. The summed E-state index contributed by atoms with van der Waals surface area (Å²) in [5.74, 6) is 0. The Labute approximate surface area is 85.9 Å². The fourth-order valence-electron chi connectivity index (χ4n) is 1.33. The molecule has 0 spiro atoms. The van der Waals surface area contributed by atoms with Crippen LogP contribution in [0.15, 0.2) is 41.0 Å². The molecule has 0 fully saturated rings. The molecule has 0 saturated heterocycles. The number of benzene rings is 1. The van der Waals surface area contributed by atoms with Crippen LogP contribution in [0.1, 0.15) is 5.56 Å². The highest BCUT2D eigenvalue weighted by atomic mass is 79.9. The van der Waals surface area contributed by atoms with Gasteiger partial charge in [0, 0.05) is 16.4 Å². The Kier molecular flexibility index (Phi) is 2.23. The number of aromatic amines is 1. The van der Waals surface area contributed by atoms with Gasteiger partial charge in [-0.05, 0) is 36.2 Å². The minimum absolute atomic E-state index is 1.11. The average molecular weight is 236 g/mol. The summed E-state index contributed by atoms with van der Waals surface area (Å²) in [7, 11) is 0. The van der Waals surface area contributed by atoms with Gasteiger partial charge in [0.2, 0.25) is 0 Å². The van der Waals surface area contributed by atoms with Gasteiger partial charge in [-0.15, -0.1) is 0 Å². The highest BCUT2D eigenvalue weighted by Crippen LogP contribution is 2.22. The summed E-state index contributed by atoms with van der Waals surface area (Å²) in [6.45, 7) is 2.08. The molecule has 0 bridgehead atoms. The molecule has 0 aliphatic carbocycles. The Morgan fingerprint density at radius 1 is 1.23 bits per heavy atom. The minimum Gasteiger partial charge on any atom is -0.361 e. The maximum Gasteiger partial charge on any atom is 0.0457 e. The molecule has 1 N–H and O–H groups in total. The Bertz CT molecular complexity index is 418. The number of hydrogen-bond donors (Lipinski definition) is 1. The van der Waals surface area contributed by atoms with E-state index >= 15 is 0 Å². The summed E-state index contributed by atoms with van der Waals surface area (Å²) in [4.78, 5) is 3.23. The maximum absolute atomic E-state index is 3.45. The third-order valence-electron chi connectivity index (χ3n) is 1.96. The quantitative estimate of drug-likeness (QED) is 0.776. The smallest absolute Gasteiger partial charge is 0.0457 e. The molecule has 13 heavy (non-hydrogen) atoms. The minimum atomic E-state index is 1.11. The molecule has 0 radical (unpaired) electrons. The van der Waals surface area contributed by atoms with Crippen molar-refractivity contribution in [2.24, 2.45) is 0 Å². The van der Waals surface area contributed by atoms with E-state index < -0.39 is 0 Å². The van der Waals surface area contributed by atoms with E-state index in [9.17, 15) is 0 Å². The van der Waals surface area contributed by atoms with Crippen LogP contribution in [0.4, 0.5) is 0 Å². The number of nitrogens with one attached hydrogen (secondary N) is 1. The van der Waals surface area contributed by atoms with Crippen molar-refractivity contribution in [2.75, 3.05) is 0 Å². The zero-order valence-corrected chi connectivity index (χ0v) is 8.93. The van der Waals surface area contributed by atoms with Crippen molar-refractivity contribution in [3.05, 3.63) is 46.6 Å². The zero-order valence-electron chi connectivity index (χ0n) is 7.34. The monoisotopic (exact) mass is 235 g/mol. The Hall–Kier alpha value is -1.02. The largest absolute Gasteiger partial charge is 0.361 e. The van der Waals surface area contributed by atoms with Crippen molar-refractivity contribution < 1.29 is 0 Å². The predicted octanol–water partition coefficient (Wildman–Crippen LogP) is 3.75. The van der Waals surface area contributed by atoms with Crippen molar-refractivity contribution in [3.8, 4) is 11.3 Å². The third kappa shape index (κ3) is 1.83. The second kappa shape index (κ2) is 3.38. The van der Waals surface area contributed by atoms with Gasteiger partial charge in [-0.2, -0.15) is 0 Å². The van der Waals surface area contributed by atoms with Gasteiger partial charge >= 0.3 is 0 Å². The van der Waals surface area contributed by atoms with E-state index in [0.717, 1.165) is 4.47 Å². The van der Waals surface area contributed by atoms with E-state index in [1.165, 1.54) is 16.8 Å². The summed E-state index contributed by atoms with van der Waals surface area (Å²) in [6, 6.07) is 10.4. The first-order valence-corrected chi connectivity index (χ1v) is 4.96. The summed E-state index contributed by atoms with van der Waals surface area (Å²) in [5.41, 5.74) is 3.64. The van der Waals surface area contributed by atoms with Crippen LogP contribution in [0.2, 0.25) is 0 Å². The number of aromatic nitrogens is 1. The summed E-state index contributed by atoms with van der Waals surface area (Å²) < 4.78 is 1.11. The van der Waals surface area contributed by atoms with Crippen molar-refractivity contribution in [1.82, 2.24) is 4.98 Å². The SMILES string of the molecule is Cc1c[nH]c(-c2cccc(Br)c2)c1. The second-order valence-electron chi connectivity index (χ2n) is 3.10. The molecule has 66 valence electrons. The van der Waals surface area contributed by atoms with Gasteiger partial charge in [0.05, 0.1) is 0 Å². The fourth-order valence-corrected chi connectivity index (χ4v) is 1.72. The Balaban J connectivity index is 2.46. The molecule has 2 aromatic rings. The van der Waals surface area contributed by atoms with Crippen LogP contribution < -0.4 is 0 Å². The van der Waals surface area contributed by atoms with Crippen LogP contribution in [0.25, 0.3) is 11.3 Å². The summed E-state index contributed by atoms with van der Waals surface area (Å²) >= 11 is 3.45. The van der Waals surface area contributed by atoms with Crippen molar-refractivity contribution in [1.29, 1.82) is 0 Å². The van der Waals surface area contributed by atoms with Crippen LogP contribution in [0, 0.1) is 6.92 Å². The number of hydrogen-bond acceptors (Lipinski definition) is 0. The molecule has 0 unspecified atom stereocenters. The molecule has 2 heteroatoms. The van der Waals surface area contributed by atoms with Crippen LogP contribution >= 0.6 is 15.9 Å². The molecule has 1 heterocycles. The van der Waals surface area contributed by atoms with Crippen LogP contribution in [-0.4, -0.2) is 4.98 Å². The van der Waals surface area contributed by atoms with Crippen LogP contribution in [-0.2, 0) is 0 Å². The highest BCUT2D eigenvalue weighted by Gasteiger charge is 1.99. The molecule has 2 rings (SSSR count). The normalized spacial score (nSPS) is 10.3. The third-order valence-corrected chi connectivity index (χ3v) is 2.46. The van der Waals surface area contributed by atoms with Crippen LogP contribution in [0.5, 0.6) is 0 Å². The number of aryl methyl sites for hydroxylation is 1. The molecule has 0 amide bonds. The first-order valence-electron chi connectivity index (χ1n) is 4.17. The lowest BCUT2D eigenvalue weighted by Crippen LogP contribution is -1.75. The van der Waals surface area contributed by atoms with E-state index in [1.807, 2.05) is 18.3 Å². The molecule has 1 nitrogen and oxygen atoms in total. The van der Waals surface area contributed by atoms with E-state index in [-0.39, 0.29) is 0 Å². The van der Waals surface area contributed by atoms with Gasteiger partial charge in [-0.1, -0.05) is 28.1 Å². The fraction of sp³-hybridized carbons (Fsp3) is 0.0909. The zero-order chi connectivity index (χ0) is 9.26. The molecular weight excluding hydrogens is 226 g/mol. The van der Waals surface area contributed by atoms with E-state index in [0.29, 0.717) is 0 Å². The van der Waals surface area contributed by atoms with Crippen molar-refractivity contribution >= 4 is 15.9 Å². The van der Waals surface area contributed by atoms with Crippen molar-refractivity contribution in [3.63, 3.8) is 0 Å². The number of halogens is 1. The molecule has 1 aromatic carbocycles. The molecule has 1 aromatic heterocycles. The van der Waals surface area contributed by atoms with E-state index in [4.69, 9.17) is 0 Å². The molecule has 0 aliphatic rings. The van der Waals surface area contributed by atoms with Gasteiger partial charge in [0.15, 0.2) is 0 Å². The van der Waals surface area contributed by atoms with E-state index in [2.05, 4.69) is 46.0 Å². The Morgan fingerprint density at radius 2 is 2.08 bits per heavy atom.